The van der Waals surface area contributed by atoms with Gasteiger partial charge in [-0.1, -0.05) is 90.1 Å². The third-order valence-corrected chi connectivity index (χ3v) is 5.13. The second kappa shape index (κ2) is 8.31. The Morgan fingerprint density at radius 3 is 1.14 bits per heavy atom. The lowest BCUT2D eigenvalue weighted by Crippen LogP contribution is -2.10. The van der Waals surface area contributed by atoms with Crippen molar-refractivity contribution in [2.45, 2.75) is 66.2 Å². The van der Waals surface area contributed by atoms with Crippen LogP contribution in [-0.2, 0) is 15.6 Å². The van der Waals surface area contributed by atoms with Crippen molar-refractivity contribution < 1.29 is 4.79 Å². The topological polar surface area (TPSA) is 17.1 Å². The zero-order valence-electron chi connectivity index (χ0n) is 18.7. The lowest BCUT2D eigenvalue weighted by Gasteiger charge is -2.19. The first kappa shape index (κ1) is 21.9. The molecule has 0 radical (unpaired) electrons. The van der Waals surface area contributed by atoms with Gasteiger partial charge in [-0.25, -0.2) is 0 Å². The summed E-state index contributed by atoms with van der Waals surface area (Å²) >= 11 is 0. The third-order valence-electron chi connectivity index (χ3n) is 5.13. The number of carbonyl (C=O) groups excluding carboxylic acids is 1. The summed E-state index contributed by atoms with van der Waals surface area (Å²) in [6, 6.07) is 17.0. The quantitative estimate of drug-likeness (QED) is 0.511. The van der Waals surface area contributed by atoms with Gasteiger partial charge in [-0.2, -0.15) is 0 Å². The minimum Gasteiger partial charge on any atom is -0.290 e. The Hall–Kier alpha value is -2.41. The molecule has 0 saturated heterocycles. The first-order valence-electron chi connectivity index (χ1n) is 10.0. The van der Waals surface area contributed by atoms with Gasteiger partial charge in [0.15, 0.2) is 5.78 Å². The van der Waals surface area contributed by atoms with Crippen molar-refractivity contribution in [1.29, 1.82) is 0 Å². The van der Waals surface area contributed by atoms with E-state index in [1.165, 1.54) is 11.1 Å². The van der Waals surface area contributed by atoms with Crippen LogP contribution in [0.15, 0.2) is 60.7 Å². The maximum absolute atomic E-state index is 12.5. The van der Waals surface area contributed by atoms with E-state index in [4.69, 9.17) is 0 Å². The summed E-state index contributed by atoms with van der Waals surface area (Å²) in [6.07, 6.45) is 3.44. The van der Waals surface area contributed by atoms with Crippen LogP contribution in [-0.4, -0.2) is 5.78 Å². The van der Waals surface area contributed by atoms with Gasteiger partial charge < -0.3 is 0 Å². The number of rotatable bonds is 4. The third kappa shape index (κ3) is 5.79. The van der Waals surface area contributed by atoms with Crippen LogP contribution in [0.25, 0.3) is 11.1 Å². The standard InChI is InChI=1S/C27H34O/c1-19(21-9-13-23(14-10-21)26(3,4)5)17-25(28)18-20(2)22-11-15-24(16-12-22)27(6,7)8/h9-18H,1-8H3/b19-17+,20-18+. The first-order valence-corrected chi connectivity index (χ1v) is 10.0. The van der Waals surface area contributed by atoms with Gasteiger partial charge in [-0.15, -0.1) is 0 Å². The van der Waals surface area contributed by atoms with Gasteiger partial charge in [0, 0.05) is 0 Å². The van der Waals surface area contributed by atoms with Crippen LogP contribution >= 0.6 is 0 Å². The molecule has 0 aliphatic rings. The van der Waals surface area contributed by atoms with Crippen LogP contribution in [0.5, 0.6) is 0 Å². The Balaban J connectivity index is 2.16. The molecule has 28 heavy (non-hydrogen) atoms. The fraction of sp³-hybridized carbons (Fsp3) is 0.370. The van der Waals surface area contributed by atoms with E-state index in [-0.39, 0.29) is 16.6 Å². The number of hydrogen-bond donors (Lipinski definition) is 0. The summed E-state index contributed by atoms with van der Waals surface area (Å²) in [4.78, 5) is 12.5. The van der Waals surface area contributed by atoms with E-state index in [1.807, 2.05) is 13.8 Å². The molecule has 2 rings (SSSR count). The van der Waals surface area contributed by atoms with E-state index in [0.29, 0.717) is 0 Å². The molecule has 0 atom stereocenters. The fourth-order valence-corrected chi connectivity index (χ4v) is 3.10. The predicted octanol–water partition coefficient (Wildman–Crippen LogP) is 7.36. The van der Waals surface area contributed by atoms with Gasteiger partial charge in [-0.05, 0) is 70.2 Å². The predicted molar refractivity (Wildman–Crippen MR) is 123 cm³/mol. The summed E-state index contributed by atoms with van der Waals surface area (Å²) in [7, 11) is 0. The molecule has 1 nitrogen and oxygen atoms in total. The second-order valence-electron chi connectivity index (χ2n) is 9.71. The van der Waals surface area contributed by atoms with Gasteiger partial charge in [0.25, 0.3) is 0 Å². The highest BCUT2D eigenvalue weighted by atomic mass is 16.1. The number of allylic oxidation sites excluding steroid dienone is 4. The average Bonchev–Trinajstić information content (AvgIpc) is 2.60. The molecule has 148 valence electrons. The van der Waals surface area contributed by atoms with Crippen molar-refractivity contribution in [2.24, 2.45) is 0 Å². The molecular weight excluding hydrogens is 340 g/mol. The molecule has 0 N–H and O–H groups in total. The number of hydrogen-bond acceptors (Lipinski definition) is 1. The Morgan fingerprint density at radius 1 is 0.607 bits per heavy atom. The molecule has 2 aromatic rings. The molecule has 0 bridgehead atoms. The SMILES string of the molecule is C/C(=C\C(=O)/C=C(\C)c1ccc(C(C)(C)C)cc1)c1ccc(C(C)(C)C)cc1. The molecule has 0 saturated carbocycles. The minimum atomic E-state index is 0.0230. The van der Waals surface area contributed by atoms with Crippen LogP contribution in [0.1, 0.15) is 77.6 Å². The number of benzene rings is 2. The van der Waals surface area contributed by atoms with Crippen LogP contribution in [0.4, 0.5) is 0 Å². The van der Waals surface area contributed by atoms with Gasteiger partial charge in [0.1, 0.15) is 0 Å². The van der Waals surface area contributed by atoms with Gasteiger partial charge in [-0.3, -0.25) is 4.79 Å². The van der Waals surface area contributed by atoms with E-state index >= 15 is 0 Å². The maximum Gasteiger partial charge on any atom is 0.179 e. The molecule has 0 fully saturated rings. The molecule has 2 aromatic carbocycles. The Bertz CT molecular complexity index is 802. The summed E-state index contributed by atoms with van der Waals surface area (Å²) < 4.78 is 0. The molecule has 0 heterocycles. The second-order valence-corrected chi connectivity index (χ2v) is 9.71. The van der Waals surface area contributed by atoms with Crippen molar-refractivity contribution >= 4 is 16.9 Å². The molecular formula is C27H34O. The lowest BCUT2D eigenvalue weighted by molar-refractivity contribution is -0.110. The van der Waals surface area contributed by atoms with Crippen molar-refractivity contribution in [3.8, 4) is 0 Å². The van der Waals surface area contributed by atoms with Crippen LogP contribution in [0.2, 0.25) is 0 Å². The van der Waals surface area contributed by atoms with Crippen molar-refractivity contribution in [3.63, 3.8) is 0 Å². The molecule has 0 aromatic heterocycles. The normalized spacial score (nSPS) is 13.6. The highest BCUT2D eigenvalue weighted by Gasteiger charge is 2.14. The first-order chi connectivity index (χ1) is 12.9. The molecule has 1 heteroatoms. The Morgan fingerprint density at radius 2 is 0.893 bits per heavy atom. The van der Waals surface area contributed by atoms with E-state index in [9.17, 15) is 4.79 Å². The zero-order chi connectivity index (χ0) is 21.1. The van der Waals surface area contributed by atoms with Crippen molar-refractivity contribution in [1.82, 2.24) is 0 Å². The molecule has 0 unspecified atom stereocenters. The molecule has 0 amide bonds. The smallest absolute Gasteiger partial charge is 0.179 e. The summed E-state index contributed by atoms with van der Waals surface area (Å²) in [6.45, 7) is 17.2. The molecule has 0 aliphatic heterocycles. The average molecular weight is 375 g/mol. The Kier molecular flexibility index (Phi) is 6.49. The van der Waals surface area contributed by atoms with Crippen LogP contribution < -0.4 is 0 Å². The Labute approximate surface area is 171 Å². The summed E-state index contributed by atoms with van der Waals surface area (Å²) in [5, 5.41) is 0. The molecule has 0 aliphatic carbocycles. The van der Waals surface area contributed by atoms with Crippen molar-refractivity contribution in [2.75, 3.05) is 0 Å². The minimum absolute atomic E-state index is 0.0230. The van der Waals surface area contributed by atoms with Crippen LogP contribution in [0.3, 0.4) is 0 Å². The van der Waals surface area contributed by atoms with E-state index in [1.54, 1.807) is 12.2 Å². The lowest BCUT2D eigenvalue weighted by atomic mass is 9.86. The van der Waals surface area contributed by atoms with E-state index < -0.39 is 0 Å². The number of ketones is 1. The summed E-state index contributed by atoms with van der Waals surface area (Å²) in [5.74, 6) is 0.0230. The largest absolute Gasteiger partial charge is 0.290 e. The van der Waals surface area contributed by atoms with E-state index in [2.05, 4.69) is 90.1 Å². The van der Waals surface area contributed by atoms with Crippen LogP contribution in [0, 0.1) is 0 Å². The highest BCUT2D eigenvalue weighted by molar-refractivity contribution is 6.07. The molecule has 0 spiro atoms. The maximum atomic E-state index is 12.5. The van der Waals surface area contributed by atoms with E-state index in [0.717, 1.165) is 22.3 Å². The van der Waals surface area contributed by atoms with Crippen molar-refractivity contribution in [3.05, 3.63) is 82.9 Å². The van der Waals surface area contributed by atoms with Gasteiger partial charge in [0.2, 0.25) is 0 Å². The van der Waals surface area contributed by atoms with Gasteiger partial charge >= 0.3 is 0 Å². The fourth-order valence-electron chi connectivity index (χ4n) is 3.10. The van der Waals surface area contributed by atoms with Gasteiger partial charge in [0.05, 0.1) is 0 Å². The monoisotopic (exact) mass is 374 g/mol. The highest BCUT2D eigenvalue weighted by Crippen LogP contribution is 2.25. The summed E-state index contributed by atoms with van der Waals surface area (Å²) in [5.41, 5.74) is 7.00. The zero-order valence-corrected chi connectivity index (χ0v) is 18.7. The number of carbonyl (C=O) groups is 1.